The molecular formula is C11H20ClNO3. The van der Waals surface area contributed by atoms with E-state index in [2.05, 4.69) is 5.32 Å². The van der Waals surface area contributed by atoms with Crippen LogP contribution in [0.2, 0.25) is 0 Å². The highest BCUT2D eigenvalue weighted by molar-refractivity contribution is 6.18. The molecule has 1 aliphatic rings. The standard InChI is InChI=1S/C11H20ClNO3/c1-15-8-9(7-12)13-11(14)5-4-10-3-2-6-16-10/h9-10H,2-8H2,1H3,(H,13,14). The Morgan fingerprint density at radius 2 is 2.50 bits per heavy atom. The van der Waals surface area contributed by atoms with Crippen LogP contribution >= 0.6 is 11.6 Å². The number of hydrogen-bond acceptors (Lipinski definition) is 3. The number of carbonyl (C=O) groups is 1. The molecule has 1 saturated heterocycles. The van der Waals surface area contributed by atoms with Crippen LogP contribution in [0, 0.1) is 0 Å². The van der Waals surface area contributed by atoms with E-state index in [1.54, 1.807) is 7.11 Å². The predicted octanol–water partition coefficient (Wildman–Crippen LogP) is 1.32. The second-order valence-corrected chi connectivity index (χ2v) is 4.36. The second-order valence-electron chi connectivity index (χ2n) is 4.05. The van der Waals surface area contributed by atoms with Crippen LogP contribution in [-0.2, 0) is 14.3 Å². The summed E-state index contributed by atoms with van der Waals surface area (Å²) in [4.78, 5) is 11.6. The van der Waals surface area contributed by atoms with Gasteiger partial charge in [0.25, 0.3) is 0 Å². The lowest BCUT2D eigenvalue weighted by molar-refractivity contribution is -0.122. The van der Waals surface area contributed by atoms with Gasteiger partial charge in [-0.1, -0.05) is 0 Å². The van der Waals surface area contributed by atoms with E-state index in [1.807, 2.05) is 0 Å². The molecule has 0 radical (unpaired) electrons. The third kappa shape index (κ3) is 5.14. The number of alkyl halides is 1. The Morgan fingerprint density at radius 3 is 3.06 bits per heavy atom. The van der Waals surface area contributed by atoms with E-state index in [-0.39, 0.29) is 18.1 Å². The number of ether oxygens (including phenoxy) is 2. The Bertz CT molecular complexity index is 207. The molecule has 1 heterocycles. The van der Waals surface area contributed by atoms with Crippen LogP contribution in [0.3, 0.4) is 0 Å². The van der Waals surface area contributed by atoms with Crippen LogP contribution in [0.15, 0.2) is 0 Å². The van der Waals surface area contributed by atoms with Gasteiger partial charge in [-0.05, 0) is 19.3 Å². The third-order valence-electron chi connectivity index (χ3n) is 2.64. The van der Waals surface area contributed by atoms with Crippen molar-refractivity contribution in [3.8, 4) is 0 Å². The first-order valence-corrected chi connectivity index (χ1v) is 6.25. The van der Waals surface area contributed by atoms with Gasteiger partial charge < -0.3 is 14.8 Å². The Balaban J connectivity index is 2.13. The average Bonchev–Trinajstić information content (AvgIpc) is 2.78. The van der Waals surface area contributed by atoms with Gasteiger partial charge in [-0.3, -0.25) is 4.79 Å². The molecule has 16 heavy (non-hydrogen) atoms. The van der Waals surface area contributed by atoms with Gasteiger partial charge >= 0.3 is 0 Å². The van der Waals surface area contributed by atoms with Crippen molar-refractivity contribution in [3.63, 3.8) is 0 Å². The molecule has 0 spiro atoms. The van der Waals surface area contributed by atoms with Gasteiger partial charge in [0.05, 0.1) is 18.8 Å². The first-order chi connectivity index (χ1) is 7.76. The van der Waals surface area contributed by atoms with Crippen LogP contribution in [-0.4, -0.2) is 44.3 Å². The average molecular weight is 250 g/mol. The molecule has 1 fully saturated rings. The minimum Gasteiger partial charge on any atom is -0.383 e. The van der Waals surface area contributed by atoms with E-state index in [9.17, 15) is 4.79 Å². The van der Waals surface area contributed by atoms with E-state index in [0.717, 1.165) is 25.9 Å². The van der Waals surface area contributed by atoms with Crippen molar-refractivity contribution >= 4 is 17.5 Å². The van der Waals surface area contributed by atoms with Crippen molar-refractivity contribution in [1.29, 1.82) is 0 Å². The van der Waals surface area contributed by atoms with Gasteiger partial charge in [0.1, 0.15) is 0 Å². The highest BCUT2D eigenvalue weighted by atomic mass is 35.5. The van der Waals surface area contributed by atoms with Crippen molar-refractivity contribution in [3.05, 3.63) is 0 Å². The smallest absolute Gasteiger partial charge is 0.220 e. The number of halogens is 1. The van der Waals surface area contributed by atoms with Gasteiger partial charge in [-0.2, -0.15) is 0 Å². The number of hydrogen-bond donors (Lipinski definition) is 1. The summed E-state index contributed by atoms with van der Waals surface area (Å²) < 4.78 is 10.4. The highest BCUT2D eigenvalue weighted by Gasteiger charge is 2.17. The Hall–Kier alpha value is -0.320. The van der Waals surface area contributed by atoms with Crippen molar-refractivity contribution in [1.82, 2.24) is 5.32 Å². The number of carbonyl (C=O) groups excluding carboxylic acids is 1. The van der Waals surface area contributed by atoms with Crippen molar-refractivity contribution in [2.45, 2.75) is 37.8 Å². The molecule has 0 saturated carbocycles. The molecule has 0 aromatic heterocycles. The van der Waals surface area contributed by atoms with Crippen LogP contribution in [0.4, 0.5) is 0 Å². The molecule has 2 atom stereocenters. The summed E-state index contributed by atoms with van der Waals surface area (Å²) in [6, 6.07) is -0.0938. The topological polar surface area (TPSA) is 47.6 Å². The summed E-state index contributed by atoms with van der Waals surface area (Å²) in [6.45, 7) is 1.29. The molecule has 4 nitrogen and oxygen atoms in total. The predicted molar refractivity (Wildman–Crippen MR) is 62.7 cm³/mol. The Kier molecular flexibility index (Phi) is 6.76. The maximum absolute atomic E-state index is 11.6. The molecule has 0 aromatic carbocycles. The first kappa shape index (κ1) is 13.7. The van der Waals surface area contributed by atoms with Crippen LogP contribution in [0.25, 0.3) is 0 Å². The molecule has 1 amide bonds. The zero-order valence-corrected chi connectivity index (χ0v) is 10.5. The van der Waals surface area contributed by atoms with Gasteiger partial charge in [0.15, 0.2) is 0 Å². The molecule has 0 aromatic rings. The summed E-state index contributed by atoms with van der Waals surface area (Å²) in [5.74, 6) is 0.401. The molecule has 5 heteroatoms. The number of methoxy groups -OCH3 is 1. The summed E-state index contributed by atoms with van der Waals surface area (Å²) in [5, 5.41) is 2.84. The van der Waals surface area contributed by atoms with E-state index >= 15 is 0 Å². The number of rotatable bonds is 7. The summed E-state index contributed by atoms with van der Waals surface area (Å²) in [7, 11) is 1.60. The fraction of sp³-hybridized carbons (Fsp3) is 0.909. The molecule has 1 aliphatic heterocycles. The van der Waals surface area contributed by atoms with Gasteiger partial charge in [0, 0.05) is 26.0 Å². The lowest BCUT2D eigenvalue weighted by atomic mass is 10.1. The third-order valence-corrected chi connectivity index (χ3v) is 3.01. The molecule has 94 valence electrons. The monoisotopic (exact) mass is 249 g/mol. The number of nitrogens with one attached hydrogen (secondary N) is 1. The van der Waals surface area contributed by atoms with E-state index in [4.69, 9.17) is 21.1 Å². The zero-order chi connectivity index (χ0) is 11.8. The second kappa shape index (κ2) is 7.87. The minimum absolute atomic E-state index is 0.0261. The van der Waals surface area contributed by atoms with Crippen molar-refractivity contribution in [2.24, 2.45) is 0 Å². The molecule has 1 N–H and O–H groups in total. The fourth-order valence-corrected chi connectivity index (χ4v) is 1.96. The number of amides is 1. The van der Waals surface area contributed by atoms with E-state index in [0.29, 0.717) is 18.9 Å². The lowest BCUT2D eigenvalue weighted by Gasteiger charge is -2.15. The maximum Gasteiger partial charge on any atom is 0.220 e. The molecule has 2 unspecified atom stereocenters. The van der Waals surface area contributed by atoms with Crippen molar-refractivity contribution < 1.29 is 14.3 Å². The zero-order valence-electron chi connectivity index (χ0n) is 9.71. The summed E-state index contributed by atoms with van der Waals surface area (Å²) >= 11 is 5.70. The molecular weight excluding hydrogens is 230 g/mol. The Morgan fingerprint density at radius 1 is 1.69 bits per heavy atom. The maximum atomic E-state index is 11.6. The van der Waals surface area contributed by atoms with Crippen LogP contribution in [0.1, 0.15) is 25.7 Å². The van der Waals surface area contributed by atoms with Gasteiger partial charge in [0.2, 0.25) is 5.91 Å². The Labute approximate surface area is 102 Å². The highest BCUT2D eigenvalue weighted by Crippen LogP contribution is 2.16. The SMILES string of the molecule is COCC(CCl)NC(=O)CCC1CCCO1. The lowest BCUT2D eigenvalue weighted by Crippen LogP contribution is -2.39. The molecule has 0 bridgehead atoms. The summed E-state index contributed by atoms with van der Waals surface area (Å²) in [5.41, 5.74) is 0. The summed E-state index contributed by atoms with van der Waals surface area (Å²) in [6.07, 6.45) is 3.75. The van der Waals surface area contributed by atoms with Crippen molar-refractivity contribution in [2.75, 3.05) is 26.2 Å². The first-order valence-electron chi connectivity index (χ1n) is 5.72. The minimum atomic E-state index is -0.0938. The van der Waals surface area contributed by atoms with Crippen LogP contribution < -0.4 is 5.32 Å². The van der Waals surface area contributed by atoms with E-state index < -0.39 is 0 Å². The van der Waals surface area contributed by atoms with Gasteiger partial charge in [-0.15, -0.1) is 11.6 Å². The molecule has 1 rings (SSSR count). The quantitative estimate of drug-likeness (QED) is 0.693. The normalized spacial score (nSPS) is 22.0. The van der Waals surface area contributed by atoms with E-state index in [1.165, 1.54) is 0 Å². The van der Waals surface area contributed by atoms with Gasteiger partial charge in [-0.25, -0.2) is 0 Å². The fourth-order valence-electron chi connectivity index (χ4n) is 1.79. The molecule has 0 aliphatic carbocycles. The van der Waals surface area contributed by atoms with Crippen LogP contribution in [0.5, 0.6) is 0 Å². The largest absolute Gasteiger partial charge is 0.383 e.